The first-order chi connectivity index (χ1) is 19.2. The molecule has 1 aliphatic heterocycles. The second kappa shape index (κ2) is 13.5. The lowest BCUT2D eigenvalue weighted by Gasteiger charge is -2.40. The van der Waals surface area contributed by atoms with Crippen molar-refractivity contribution >= 4 is 28.6 Å². The molecule has 0 bridgehead atoms. The van der Waals surface area contributed by atoms with E-state index in [0.29, 0.717) is 32.7 Å². The van der Waals surface area contributed by atoms with Crippen molar-refractivity contribution in [2.24, 2.45) is 0 Å². The predicted octanol–water partition coefficient (Wildman–Crippen LogP) is 6.26. The van der Waals surface area contributed by atoms with Crippen LogP contribution in [0.4, 0.5) is 4.79 Å². The van der Waals surface area contributed by atoms with Gasteiger partial charge in [-0.05, 0) is 64.3 Å². The molecule has 202 valence electrons. The fourth-order valence-corrected chi connectivity index (χ4v) is 5.99. The van der Waals surface area contributed by atoms with E-state index in [0.717, 1.165) is 34.8 Å². The molecule has 4 aromatic carbocycles. The molecule has 5 nitrogen and oxygen atoms in total. The number of piperidine rings is 1. The smallest absolute Gasteiger partial charge is 0.137 e. The van der Waals surface area contributed by atoms with Gasteiger partial charge < -0.3 is 24.3 Å². The standard InChI is InChI=1S/C33H35NO4S/c35-33(36)34-18-17-31(32(22-34)38-23-26-11-12-27-9-4-5-10-29(27)21-26)28-13-15-30(16-14-28)37-19-6-20-39-24-25-7-2-1-3-8-25/h1-5,7-16,21,31-32H,6,17-20,22-24H2,(H,35,36)/p-1. The van der Waals surface area contributed by atoms with Crippen LogP contribution < -0.4 is 9.84 Å². The fourth-order valence-electron chi connectivity index (χ4n) is 5.09. The molecule has 0 aliphatic carbocycles. The van der Waals surface area contributed by atoms with Crippen LogP contribution in [0.5, 0.6) is 5.75 Å². The van der Waals surface area contributed by atoms with Crippen LogP contribution >= 0.6 is 11.8 Å². The molecular weight excluding hydrogens is 506 g/mol. The van der Waals surface area contributed by atoms with Crippen molar-refractivity contribution < 1.29 is 19.4 Å². The first-order valence-electron chi connectivity index (χ1n) is 13.6. The van der Waals surface area contributed by atoms with Crippen molar-refractivity contribution in [1.82, 2.24) is 4.90 Å². The highest BCUT2D eigenvalue weighted by Gasteiger charge is 2.31. The highest BCUT2D eigenvalue weighted by Crippen LogP contribution is 2.32. The zero-order chi connectivity index (χ0) is 26.9. The average molecular weight is 541 g/mol. The summed E-state index contributed by atoms with van der Waals surface area (Å²) < 4.78 is 12.3. The number of nitrogens with zero attached hydrogens (tertiary/aromatic N) is 1. The van der Waals surface area contributed by atoms with E-state index in [4.69, 9.17) is 9.47 Å². The van der Waals surface area contributed by atoms with E-state index in [1.54, 1.807) is 0 Å². The first kappa shape index (κ1) is 27.1. The number of amides is 1. The summed E-state index contributed by atoms with van der Waals surface area (Å²) in [6.45, 7) is 1.86. The van der Waals surface area contributed by atoms with Gasteiger partial charge in [0.25, 0.3) is 0 Å². The molecule has 0 N–H and O–H groups in total. The zero-order valence-corrected chi connectivity index (χ0v) is 22.9. The topological polar surface area (TPSA) is 61.8 Å². The molecule has 0 radical (unpaired) electrons. The third-order valence-corrected chi connectivity index (χ3v) is 8.33. The van der Waals surface area contributed by atoms with E-state index in [2.05, 4.69) is 66.7 Å². The summed E-state index contributed by atoms with van der Waals surface area (Å²) in [4.78, 5) is 12.9. The van der Waals surface area contributed by atoms with Gasteiger partial charge in [0.1, 0.15) is 11.8 Å². The van der Waals surface area contributed by atoms with E-state index in [1.807, 2.05) is 42.1 Å². The number of likely N-dealkylation sites (tertiary alicyclic amines) is 1. The number of ether oxygens (including phenoxy) is 2. The number of hydrogen-bond acceptors (Lipinski definition) is 5. The summed E-state index contributed by atoms with van der Waals surface area (Å²) in [6.07, 6.45) is 0.288. The molecule has 1 fully saturated rings. The maximum absolute atomic E-state index is 11.6. The Balaban J connectivity index is 1.14. The summed E-state index contributed by atoms with van der Waals surface area (Å²) in [7, 11) is 0. The Hall–Kier alpha value is -3.48. The van der Waals surface area contributed by atoms with Crippen molar-refractivity contribution in [3.05, 3.63) is 114 Å². The third-order valence-electron chi connectivity index (χ3n) is 7.22. The van der Waals surface area contributed by atoms with Gasteiger partial charge in [-0.3, -0.25) is 0 Å². The molecule has 1 saturated heterocycles. The zero-order valence-electron chi connectivity index (χ0n) is 22.0. The monoisotopic (exact) mass is 540 g/mol. The SMILES string of the molecule is O=C([O-])N1CCC(c2ccc(OCCCSCc3ccccc3)cc2)C(OCc2ccc3ccccc3c2)C1. The molecule has 39 heavy (non-hydrogen) atoms. The Kier molecular flexibility index (Phi) is 9.41. The van der Waals surface area contributed by atoms with Gasteiger partial charge in [-0.1, -0.05) is 78.9 Å². The van der Waals surface area contributed by atoms with E-state index in [9.17, 15) is 9.90 Å². The predicted molar refractivity (Wildman–Crippen MR) is 156 cm³/mol. The Morgan fingerprint density at radius 3 is 2.46 bits per heavy atom. The van der Waals surface area contributed by atoms with E-state index in [1.165, 1.54) is 21.2 Å². The molecule has 1 heterocycles. The number of carbonyl (C=O) groups excluding carboxylic acids is 1. The molecule has 4 aromatic rings. The van der Waals surface area contributed by atoms with Gasteiger partial charge in [0, 0.05) is 24.8 Å². The van der Waals surface area contributed by atoms with Gasteiger partial charge in [0.05, 0.1) is 19.3 Å². The summed E-state index contributed by atoms with van der Waals surface area (Å²) in [5, 5.41) is 13.9. The van der Waals surface area contributed by atoms with Crippen LogP contribution in [0.2, 0.25) is 0 Å². The van der Waals surface area contributed by atoms with E-state index < -0.39 is 6.09 Å². The molecule has 2 unspecified atom stereocenters. The summed E-state index contributed by atoms with van der Waals surface area (Å²) in [5.74, 6) is 3.04. The largest absolute Gasteiger partial charge is 0.530 e. The quantitative estimate of drug-likeness (QED) is 0.210. The maximum atomic E-state index is 11.6. The van der Waals surface area contributed by atoms with E-state index >= 15 is 0 Å². The van der Waals surface area contributed by atoms with Crippen molar-refractivity contribution in [2.75, 3.05) is 25.4 Å². The first-order valence-corrected chi connectivity index (χ1v) is 14.7. The Bertz CT molecular complexity index is 1340. The van der Waals surface area contributed by atoms with Crippen LogP contribution in [0.15, 0.2) is 97.1 Å². The van der Waals surface area contributed by atoms with Gasteiger partial charge in [-0.15, -0.1) is 0 Å². The maximum Gasteiger partial charge on any atom is 0.137 e. The molecular formula is C33H34NO4S-. The minimum absolute atomic E-state index is 0.101. The molecule has 2 atom stereocenters. The van der Waals surface area contributed by atoms with E-state index in [-0.39, 0.29) is 12.0 Å². The number of carboxylic acid groups (broad SMARTS) is 1. The summed E-state index contributed by atoms with van der Waals surface area (Å²) in [6, 6.07) is 33.3. The Morgan fingerprint density at radius 1 is 0.897 bits per heavy atom. The molecule has 6 heteroatoms. The third kappa shape index (κ3) is 7.55. The number of benzene rings is 4. The Morgan fingerprint density at radius 2 is 1.67 bits per heavy atom. The summed E-state index contributed by atoms with van der Waals surface area (Å²) >= 11 is 1.92. The average Bonchev–Trinajstić information content (AvgIpc) is 2.98. The highest BCUT2D eigenvalue weighted by atomic mass is 32.2. The molecule has 1 aliphatic rings. The second-order valence-corrected chi connectivity index (χ2v) is 11.1. The minimum Gasteiger partial charge on any atom is -0.530 e. The van der Waals surface area contributed by atoms with Crippen LogP contribution in [0.1, 0.15) is 35.4 Å². The number of thioether (sulfide) groups is 1. The number of rotatable bonds is 11. The number of fused-ring (bicyclic) bond motifs is 1. The van der Waals surface area contributed by atoms with Gasteiger partial charge in [0.15, 0.2) is 0 Å². The normalized spacial score (nSPS) is 17.3. The lowest BCUT2D eigenvalue weighted by atomic mass is 9.87. The number of hydrogen-bond donors (Lipinski definition) is 0. The Labute approximate surface area is 234 Å². The van der Waals surface area contributed by atoms with Gasteiger partial charge in [-0.25, -0.2) is 0 Å². The number of carbonyl (C=O) groups is 1. The van der Waals surface area contributed by atoms with Crippen LogP contribution in [0.3, 0.4) is 0 Å². The van der Waals surface area contributed by atoms with Crippen LogP contribution in [-0.2, 0) is 17.1 Å². The lowest BCUT2D eigenvalue weighted by molar-refractivity contribution is -0.268. The molecule has 1 amide bonds. The van der Waals surface area contributed by atoms with Crippen LogP contribution in [0, 0.1) is 0 Å². The molecule has 0 saturated carbocycles. The van der Waals surface area contributed by atoms with Gasteiger partial charge in [-0.2, -0.15) is 11.8 Å². The molecule has 5 rings (SSSR count). The van der Waals surface area contributed by atoms with Crippen molar-refractivity contribution in [1.29, 1.82) is 0 Å². The molecule has 0 spiro atoms. The molecule has 0 aromatic heterocycles. The van der Waals surface area contributed by atoms with Crippen molar-refractivity contribution in [3.63, 3.8) is 0 Å². The minimum atomic E-state index is -1.14. The van der Waals surface area contributed by atoms with Crippen LogP contribution in [-0.4, -0.2) is 42.5 Å². The summed E-state index contributed by atoms with van der Waals surface area (Å²) in [5.41, 5.74) is 3.56. The second-order valence-electron chi connectivity index (χ2n) is 9.95. The van der Waals surface area contributed by atoms with Crippen LogP contribution in [0.25, 0.3) is 10.8 Å². The van der Waals surface area contributed by atoms with Gasteiger partial charge in [0.2, 0.25) is 0 Å². The lowest BCUT2D eigenvalue weighted by Crippen LogP contribution is -2.51. The highest BCUT2D eigenvalue weighted by molar-refractivity contribution is 7.98. The fraction of sp³-hybridized carbons (Fsp3) is 0.303. The van der Waals surface area contributed by atoms with Crippen molar-refractivity contribution in [2.45, 2.75) is 37.2 Å². The van der Waals surface area contributed by atoms with Crippen molar-refractivity contribution in [3.8, 4) is 5.75 Å². The van der Waals surface area contributed by atoms with Gasteiger partial charge >= 0.3 is 0 Å².